The molecule has 0 radical (unpaired) electrons. The molecule has 0 saturated carbocycles. The van der Waals surface area contributed by atoms with Crippen LogP contribution in [0.2, 0.25) is 15.1 Å². The number of hydrogen-bond donors (Lipinski definition) is 2. The molecule has 2 aromatic carbocycles. The Hall–Kier alpha value is -1.79. The lowest BCUT2D eigenvalue weighted by Crippen LogP contribution is -2.22. The number of aromatic amines is 1. The van der Waals surface area contributed by atoms with Crippen LogP contribution in [0.15, 0.2) is 36.4 Å². The molecule has 1 amide bonds. The molecule has 126 valence electrons. The van der Waals surface area contributed by atoms with Gasteiger partial charge in [0.2, 0.25) is 0 Å². The van der Waals surface area contributed by atoms with E-state index in [0.717, 1.165) is 15.7 Å². The topological polar surface area (TPSA) is 57.8 Å². The highest BCUT2D eigenvalue weighted by molar-refractivity contribution is 7.21. The zero-order valence-electron chi connectivity index (χ0n) is 12.6. The average Bonchev–Trinajstić information content (AvgIpc) is 3.13. The summed E-state index contributed by atoms with van der Waals surface area (Å²) in [5.41, 5.74) is 1.78. The van der Waals surface area contributed by atoms with Crippen LogP contribution in [0.25, 0.3) is 21.1 Å². The lowest BCUT2D eigenvalue weighted by molar-refractivity contribution is 0.0954. The van der Waals surface area contributed by atoms with E-state index in [1.165, 1.54) is 11.3 Å². The number of nitrogens with one attached hydrogen (secondary N) is 2. The Bertz CT molecular complexity index is 1090. The molecule has 8 heteroatoms. The van der Waals surface area contributed by atoms with Crippen molar-refractivity contribution in [1.82, 2.24) is 15.3 Å². The van der Waals surface area contributed by atoms with E-state index < -0.39 is 0 Å². The van der Waals surface area contributed by atoms with Crippen molar-refractivity contribution in [3.8, 4) is 0 Å². The first kappa shape index (κ1) is 16.7. The summed E-state index contributed by atoms with van der Waals surface area (Å²) >= 11 is 19.8. The molecule has 4 nitrogen and oxygen atoms in total. The van der Waals surface area contributed by atoms with Crippen LogP contribution in [-0.4, -0.2) is 15.9 Å². The highest BCUT2D eigenvalue weighted by Crippen LogP contribution is 2.41. The van der Waals surface area contributed by atoms with Crippen molar-refractivity contribution < 1.29 is 4.79 Å². The molecule has 2 aromatic heterocycles. The fraction of sp³-hybridized carbons (Fsp3) is 0.0588. The minimum absolute atomic E-state index is 0.270. The first-order valence-corrected chi connectivity index (χ1v) is 9.27. The highest BCUT2D eigenvalue weighted by Gasteiger charge is 2.19. The predicted molar refractivity (Wildman–Crippen MR) is 104 cm³/mol. The van der Waals surface area contributed by atoms with Crippen LogP contribution >= 0.6 is 46.1 Å². The molecule has 0 saturated heterocycles. The summed E-state index contributed by atoms with van der Waals surface area (Å²) in [6.07, 6.45) is 0. The molecule has 0 spiro atoms. The fourth-order valence-electron chi connectivity index (χ4n) is 2.59. The minimum Gasteiger partial charge on any atom is -0.344 e. The Kier molecular flexibility index (Phi) is 4.33. The van der Waals surface area contributed by atoms with Gasteiger partial charge >= 0.3 is 0 Å². The van der Waals surface area contributed by atoms with E-state index >= 15 is 0 Å². The van der Waals surface area contributed by atoms with Crippen molar-refractivity contribution >= 4 is 73.2 Å². The number of nitrogens with zero attached hydrogens (tertiary/aromatic N) is 1. The number of carbonyl (C=O) groups excluding carboxylic acids is 1. The van der Waals surface area contributed by atoms with Gasteiger partial charge in [-0.3, -0.25) is 4.79 Å². The standard InChI is InChI=1S/C17H10Cl3N3OS/c18-8-5-9(19)14-12(6-8)25-16(15(14)20)17(24)21-7-13-22-10-3-1-2-4-11(10)23-13/h1-6H,7H2,(H,21,24)(H,22,23). The third-order valence-electron chi connectivity index (χ3n) is 3.71. The Labute approximate surface area is 161 Å². The highest BCUT2D eigenvalue weighted by atomic mass is 35.5. The van der Waals surface area contributed by atoms with Gasteiger partial charge in [-0.1, -0.05) is 46.9 Å². The van der Waals surface area contributed by atoms with Crippen molar-refractivity contribution in [2.45, 2.75) is 6.54 Å². The normalized spacial score (nSPS) is 11.3. The second-order valence-corrected chi connectivity index (χ2v) is 7.66. The van der Waals surface area contributed by atoms with E-state index in [1.807, 2.05) is 24.3 Å². The van der Waals surface area contributed by atoms with Crippen LogP contribution in [0.5, 0.6) is 0 Å². The molecule has 0 aliphatic heterocycles. The Balaban J connectivity index is 1.59. The van der Waals surface area contributed by atoms with Crippen molar-refractivity contribution in [2.75, 3.05) is 0 Å². The number of para-hydroxylation sites is 2. The lowest BCUT2D eigenvalue weighted by atomic mass is 10.2. The molecule has 25 heavy (non-hydrogen) atoms. The summed E-state index contributed by atoms with van der Waals surface area (Å²) in [7, 11) is 0. The smallest absolute Gasteiger partial charge is 0.263 e. The van der Waals surface area contributed by atoms with E-state index in [2.05, 4.69) is 15.3 Å². The number of H-pyrrole nitrogens is 1. The van der Waals surface area contributed by atoms with Crippen LogP contribution in [0.3, 0.4) is 0 Å². The summed E-state index contributed by atoms with van der Waals surface area (Å²) in [4.78, 5) is 20.5. The van der Waals surface area contributed by atoms with Crippen LogP contribution in [-0.2, 0) is 6.54 Å². The molecule has 0 atom stereocenters. The molecular formula is C17H10Cl3N3OS. The quantitative estimate of drug-likeness (QED) is 0.457. The fourth-order valence-corrected chi connectivity index (χ4v) is 4.89. The minimum atomic E-state index is -0.279. The largest absolute Gasteiger partial charge is 0.344 e. The molecule has 4 aromatic rings. The number of carbonyl (C=O) groups is 1. The Morgan fingerprint density at radius 1 is 1.20 bits per heavy atom. The Morgan fingerprint density at radius 2 is 2.00 bits per heavy atom. The number of fused-ring (bicyclic) bond motifs is 2. The number of imidazole rings is 1. The maximum atomic E-state index is 12.5. The first-order valence-electron chi connectivity index (χ1n) is 7.32. The number of thiophene rings is 1. The van der Waals surface area contributed by atoms with E-state index in [0.29, 0.717) is 31.2 Å². The number of hydrogen-bond acceptors (Lipinski definition) is 3. The van der Waals surface area contributed by atoms with Gasteiger partial charge in [-0.25, -0.2) is 4.98 Å². The molecule has 4 rings (SSSR count). The predicted octanol–water partition coefficient (Wildman–Crippen LogP) is 5.67. The van der Waals surface area contributed by atoms with Gasteiger partial charge in [0.1, 0.15) is 10.7 Å². The number of amides is 1. The summed E-state index contributed by atoms with van der Waals surface area (Å²) in [6, 6.07) is 11.0. The number of benzene rings is 2. The first-order chi connectivity index (χ1) is 12.0. The summed E-state index contributed by atoms with van der Waals surface area (Å²) in [6.45, 7) is 0.270. The second kappa shape index (κ2) is 6.50. The maximum Gasteiger partial charge on any atom is 0.263 e. The van der Waals surface area contributed by atoms with Gasteiger partial charge in [-0.2, -0.15) is 0 Å². The zero-order valence-corrected chi connectivity index (χ0v) is 15.7. The van der Waals surface area contributed by atoms with Crippen molar-refractivity contribution in [3.63, 3.8) is 0 Å². The maximum absolute atomic E-state index is 12.5. The molecule has 0 bridgehead atoms. The van der Waals surface area contributed by atoms with E-state index in [9.17, 15) is 4.79 Å². The van der Waals surface area contributed by atoms with E-state index in [1.54, 1.807) is 12.1 Å². The SMILES string of the molecule is O=C(NCc1nc2ccccc2[nH]1)c1sc2cc(Cl)cc(Cl)c2c1Cl. The van der Waals surface area contributed by atoms with Gasteiger partial charge in [0, 0.05) is 15.1 Å². The monoisotopic (exact) mass is 409 g/mol. The molecule has 0 unspecified atom stereocenters. The number of rotatable bonds is 3. The van der Waals surface area contributed by atoms with Crippen molar-refractivity contribution in [1.29, 1.82) is 0 Å². The third-order valence-corrected chi connectivity index (χ3v) is 5.85. The van der Waals surface area contributed by atoms with Gasteiger partial charge in [0.05, 0.1) is 27.6 Å². The zero-order chi connectivity index (χ0) is 17.6. The molecule has 0 aliphatic carbocycles. The van der Waals surface area contributed by atoms with Crippen molar-refractivity contribution in [3.05, 3.63) is 62.2 Å². The van der Waals surface area contributed by atoms with Gasteiger partial charge in [0.15, 0.2) is 0 Å². The number of aromatic nitrogens is 2. The van der Waals surface area contributed by atoms with Crippen LogP contribution in [0.4, 0.5) is 0 Å². The lowest BCUT2D eigenvalue weighted by Gasteiger charge is -2.01. The van der Waals surface area contributed by atoms with Crippen LogP contribution in [0, 0.1) is 0 Å². The van der Waals surface area contributed by atoms with Crippen molar-refractivity contribution in [2.24, 2.45) is 0 Å². The molecular weight excluding hydrogens is 401 g/mol. The van der Waals surface area contributed by atoms with E-state index in [-0.39, 0.29) is 12.5 Å². The summed E-state index contributed by atoms with van der Waals surface area (Å²) in [5, 5.41) is 4.75. The van der Waals surface area contributed by atoms with Crippen LogP contribution < -0.4 is 5.32 Å². The second-order valence-electron chi connectivity index (χ2n) is 5.39. The molecule has 0 aliphatic rings. The summed E-state index contributed by atoms with van der Waals surface area (Å²) < 4.78 is 0.774. The third kappa shape index (κ3) is 3.09. The van der Waals surface area contributed by atoms with Gasteiger partial charge < -0.3 is 10.3 Å². The molecule has 2 heterocycles. The average molecular weight is 411 g/mol. The van der Waals surface area contributed by atoms with Gasteiger partial charge in [-0.15, -0.1) is 11.3 Å². The van der Waals surface area contributed by atoms with Crippen LogP contribution in [0.1, 0.15) is 15.5 Å². The number of halogens is 3. The summed E-state index contributed by atoms with van der Waals surface area (Å²) in [5.74, 6) is 0.395. The van der Waals surface area contributed by atoms with E-state index in [4.69, 9.17) is 34.8 Å². The van der Waals surface area contributed by atoms with Gasteiger partial charge in [0.25, 0.3) is 5.91 Å². The molecule has 0 fully saturated rings. The molecule has 2 N–H and O–H groups in total. The van der Waals surface area contributed by atoms with Gasteiger partial charge in [-0.05, 0) is 24.3 Å². The Morgan fingerprint density at radius 3 is 2.80 bits per heavy atom.